The maximum absolute atomic E-state index is 11.8. The van der Waals surface area contributed by atoms with Crippen molar-refractivity contribution in [3.8, 4) is 11.1 Å². The molecule has 4 N–H and O–H groups in total. The fourth-order valence-corrected chi connectivity index (χ4v) is 1.91. The summed E-state index contributed by atoms with van der Waals surface area (Å²) < 4.78 is 0. The monoisotopic (exact) mass is 283 g/mol. The molecule has 2 aromatic carbocycles. The van der Waals surface area contributed by atoms with Crippen molar-refractivity contribution in [3.63, 3.8) is 0 Å². The molecule has 0 heterocycles. The molecule has 2 rings (SSSR count). The summed E-state index contributed by atoms with van der Waals surface area (Å²) >= 11 is 0. The average Bonchev–Trinajstić information content (AvgIpc) is 2.48. The van der Waals surface area contributed by atoms with Gasteiger partial charge in [-0.3, -0.25) is 4.79 Å². The standard InChI is InChI=1S/C16H17N3O2/c1-11(18-16(17)21)15(20)19-14-9-7-13(8-10-14)12-5-3-2-4-6-12/h2-11H,1H3,(H,19,20)(H3,17,18,21). The Bertz CT molecular complexity index is 624. The van der Waals surface area contributed by atoms with Crippen LogP contribution < -0.4 is 16.4 Å². The van der Waals surface area contributed by atoms with Crippen molar-refractivity contribution in [2.24, 2.45) is 5.73 Å². The molecule has 5 heteroatoms. The molecule has 0 radical (unpaired) electrons. The highest BCUT2D eigenvalue weighted by molar-refractivity contribution is 5.96. The van der Waals surface area contributed by atoms with Gasteiger partial charge in [0.1, 0.15) is 6.04 Å². The van der Waals surface area contributed by atoms with Crippen LogP contribution >= 0.6 is 0 Å². The summed E-state index contributed by atoms with van der Waals surface area (Å²) in [4.78, 5) is 22.5. The second-order valence-electron chi connectivity index (χ2n) is 4.66. The highest BCUT2D eigenvalue weighted by Gasteiger charge is 2.13. The van der Waals surface area contributed by atoms with E-state index in [1.807, 2.05) is 54.6 Å². The van der Waals surface area contributed by atoms with Gasteiger partial charge in [0.25, 0.3) is 0 Å². The first-order chi connectivity index (χ1) is 10.1. The number of rotatable bonds is 4. The Morgan fingerprint density at radius 3 is 2.10 bits per heavy atom. The summed E-state index contributed by atoms with van der Waals surface area (Å²) in [5, 5.41) is 5.04. The molecular weight excluding hydrogens is 266 g/mol. The molecule has 0 aliphatic carbocycles. The van der Waals surface area contributed by atoms with Crippen molar-refractivity contribution >= 4 is 17.6 Å². The second kappa shape index (κ2) is 6.56. The third-order valence-electron chi connectivity index (χ3n) is 3.01. The van der Waals surface area contributed by atoms with Crippen LogP contribution in [0.2, 0.25) is 0 Å². The van der Waals surface area contributed by atoms with Gasteiger partial charge >= 0.3 is 6.03 Å². The molecule has 21 heavy (non-hydrogen) atoms. The van der Waals surface area contributed by atoms with Crippen LogP contribution in [0.3, 0.4) is 0 Å². The number of urea groups is 1. The van der Waals surface area contributed by atoms with Gasteiger partial charge in [0.05, 0.1) is 0 Å². The summed E-state index contributed by atoms with van der Waals surface area (Å²) in [7, 11) is 0. The van der Waals surface area contributed by atoms with Gasteiger partial charge in [-0.2, -0.15) is 0 Å². The van der Waals surface area contributed by atoms with Gasteiger partial charge in [0, 0.05) is 5.69 Å². The quantitative estimate of drug-likeness (QED) is 0.804. The van der Waals surface area contributed by atoms with Gasteiger partial charge in [-0.1, -0.05) is 42.5 Å². The predicted octanol–water partition coefficient (Wildman–Crippen LogP) is 2.35. The van der Waals surface area contributed by atoms with E-state index in [1.54, 1.807) is 6.92 Å². The molecule has 1 atom stereocenters. The minimum Gasteiger partial charge on any atom is -0.352 e. The highest BCUT2D eigenvalue weighted by Crippen LogP contribution is 2.20. The number of carbonyl (C=O) groups excluding carboxylic acids is 2. The first-order valence-corrected chi connectivity index (χ1v) is 6.58. The lowest BCUT2D eigenvalue weighted by atomic mass is 10.1. The lowest BCUT2D eigenvalue weighted by Gasteiger charge is -2.12. The van der Waals surface area contributed by atoms with Crippen LogP contribution in [0, 0.1) is 0 Å². The van der Waals surface area contributed by atoms with Gasteiger partial charge in [-0.05, 0) is 30.2 Å². The molecule has 5 nitrogen and oxygen atoms in total. The van der Waals surface area contributed by atoms with Crippen LogP contribution in [-0.2, 0) is 4.79 Å². The molecule has 0 aliphatic heterocycles. The maximum atomic E-state index is 11.8. The Morgan fingerprint density at radius 1 is 0.952 bits per heavy atom. The smallest absolute Gasteiger partial charge is 0.312 e. The van der Waals surface area contributed by atoms with E-state index in [-0.39, 0.29) is 5.91 Å². The highest BCUT2D eigenvalue weighted by atomic mass is 16.2. The minimum absolute atomic E-state index is 0.318. The molecule has 0 fully saturated rings. The number of anilines is 1. The van der Waals surface area contributed by atoms with Crippen LogP contribution in [-0.4, -0.2) is 18.0 Å². The zero-order valence-electron chi connectivity index (χ0n) is 11.7. The van der Waals surface area contributed by atoms with Crippen LogP contribution in [0.25, 0.3) is 11.1 Å². The Kier molecular flexibility index (Phi) is 4.56. The molecule has 0 spiro atoms. The lowest BCUT2D eigenvalue weighted by molar-refractivity contribution is -0.117. The van der Waals surface area contributed by atoms with Crippen LogP contribution in [0.1, 0.15) is 6.92 Å². The van der Waals surface area contributed by atoms with E-state index in [2.05, 4.69) is 10.6 Å². The summed E-state index contributed by atoms with van der Waals surface area (Å²) in [5.74, 6) is -0.318. The van der Waals surface area contributed by atoms with Crippen LogP contribution in [0.4, 0.5) is 10.5 Å². The summed E-state index contributed by atoms with van der Waals surface area (Å²) in [6.07, 6.45) is 0. The van der Waals surface area contributed by atoms with E-state index in [1.165, 1.54) is 0 Å². The average molecular weight is 283 g/mol. The van der Waals surface area contributed by atoms with E-state index >= 15 is 0 Å². The molecule has 0 bridgehead atoms. The topological polar surface area (TPSA) is 84.2 Å². The van der Waals surface area contributed by atoms with Crippen molar-refractivity contribution in [3.05, 3.63) is 54.6 Å². The van der Waals surface area contributed by atoms with Crippen LogP contribution in [0.15, 0.2) is 54.6 Å². The Morgan fingerprint density at radius 2 is 1.52 bits per heavy atom. The Hall–Kier alpha value is -2.82. The molecule has 0 saturated carbocycles. The fourth-order valence-electron chi connectivity index (χ4n) is 1.91. The first kappa shape index (κ1) is 14.6. The van der Waals surface area contributed by atoms with Gasteiger partial charge < -0.3 is 16.4 Å². The SMILES string of the molecule is CC(NC(N)=O)C(=O)Nc1ccc(-c2ccccc2)cc1. The van der Waals surface area contributed by atoms with E-state index < -0.39 is 12.1 Å². The van der Waals surface area contributed by atoms with Gasteiger partial charge in [-0.25, -0.2) is 4.79 Å². The lowest BCUT2D eigenvalue weighted by Crippen LogP contribution is -2.44. The third kappa shape index (κ3) is 4.07. The zero-order valence-corrected chi connectivity index (χ0v) is 11.7. The third-order valence-corrected chi connectivity index (χ3v) is 3.01. The van der Waals surface area contributed by atoms with Crippen molar-refractivity contribution in [2.45, 2.75) is 13.0 Å². The molecule has 0 saturated heterocycles. The summed E-state index contributed by atoms with van der Waals surface area (Å²) in [6.45, 7) is 1.57. The van der Waals surface area contributed by atoms with Gasteiger partial charge in [0.15, 0.2) is 0 Å². The van der Waals surface area contributed by atoms with Gasteiger partial charge in [-0.15, -0.1) is 0 Å². The van der Waals surface area contributed by atoms with E-state index in [4.69, 9.17) is 5.73 Å². The molecular formula is C16H17N3O2. The normalized spacial score (nSPS) is 11.5. The molecule has 1 unspecified atom stereocenters. The van der Waals surface area contributed by atoms with E-state index in [9.17, 15) is 9.59 Å². The molecule has 0 aliphatic rings. The van der Waals surface area contributed by atoms with Crippen LogP contribution in [0.5, 0.6) is 0 Å². The second-order valence-corrected chi connectivity index (χ2v) is 4.66. The zero-order chi connectivity index (χ0) is 15.2. The Balaban J connectivity index is 2.03. The fraction of sp³-hybridized carbons (Fsp3) is 0.125. The van der Waals surface area contributed by atoms with Crippen molar-refractivity contribution in [1.82, 2.24) is 5.32 Å². The Labute approximate surface area is 123 Å². The molecule has 108 valence electrons. The number of nitrogens with two attached hydrogens (primary N) is 1. The van der Waals surface area contributed by atoms with Gasteiger partial charge in [0.2, 0.25) is 5.91 Å². The largest absolute Gasteiger partial charge is 0.352 e. The number of carbonyl (C=O) groups is 2. The van der Waals surface area contributed by atoms with E-state index in [0.29, 0.717) is 5.69 Å². The number of primary amides is 1. The molecule has 0 aromatic heterocycles. The number of amides is 3. The maximum Gasteiger partial charge on any atom is 0.312 e. The minimum atomic E-state index is -0.725. The van der Waals surface area contributed by atoms with Crippen molar-refractivity contribution < 1.29 is 9.59 Å². The number of benzene rings is 2. The summed E-state index contributed by atoms with van der Waals surface area (Å²) in [5.41, 5.74) is 7.82. The number of hydrogen-bond acceptors (Lipinski definition) is 2. The van der Waals surface area contributed by atoms with Crippen molar-refractivity contribution in [2.75, 3.05) is 5.32 Å². The number of hydrogen-bond donors (Lipinski definition) is 3. The predicted molar refractivity (Wildman–Crippen MR) is 82.7 cm³/mol. The molecule has 3 amide bonds. The molecule has 2 aromatic rings. The van der Waals surface area contributed by atoms with E-state index in [0.717, 1.165) is 11.1 Å². The number of nitrogens with one attached hydrogen (secondary N) is 2. The first-order valence-electron chi connectivity index (χ1n) is 6.58. The van der Waals surface area contributed by atoms with Crippen molar-refractivity contribution in [1.29, 1.82) is 0 Å². The summed E-state index contributed by atoms with van der Waals surface area (Å²) in [6, 6.07) is 16.0.